The van der Waals surface area contributed by atoms with Crippen LogP contribution in [0.25, 0.3) is 10.9 Å². The Bertz CT molecular complexity index is 515. The van der Waals surface area contributed by atoms with Crippen LogP contribution >= 0.6 is 0 Å². The first kappa shape index (κ1) is 13.9. The van der Waals surface area contributed by atoms with Gasteiger partial charge in [0.2, 0.25) is 0 Å². The summed E-state index contributed by atoms with van der Waals surface area (Å²) in [5, 5.41) is 1.17. The fraction of sp³-hybridized carbons (Fsp3) is 0.400. The lowest BCUT2D eigenvalue weighted by molar-refractivity contribution is 0.188. The summed E-state index contributed by atoms with van der Waals surface area (Å²) in [6, 6.07) is 12.6. The van der Waals surface area contributed by atoms with Crippen LogP contribution < -0.4 is 11.3 Å². The number of hydrogen-bond acceptors (Lipinski definition) is 4. The first-order chi connectivity index (χ1) is 9.33. The molecule has 4 heteroatoms. The van der Waals surface area contributed by atoms with Gasteiger partial charge in [-0.05, 0) is 25.0 Å². The minimum atomic E-state index is 0.240. The van der Waals surface area contributed by atoms with E-state index in [1.165, 1.54) is 5.39 Å². The number of nitrogens with two attached hydrogens (primary N) is 1. The number of pyridine rings is 1. The average molecular weight is 259 g/mol. The number of para-hydroxylation sites is 1. The van der Waals surface area contributed by atoms with E-state index in [1.54, 1.807) is 7.11 Å². The molecule has 0 saturated heterocycles. The maximum absolute atomic E-state index is 5.60. The van der Waals surface area contributed by atoms with Crippen LogP contribution in [0.15, 0.2) is 36.4 Å². The molecule has 102 valence electrons. The summed E-state index contributed by atoms with van der Waals surface area (Å²) >= 11 is 0. The van der Waals surface area contributed by atoms with Crippen LogP contribution in [-0.2, 0) is 11.2 Å². The molecule has 1 unspecified atom stereocenters. The maximum atomic E-state index is 5.60. The van der Waals surface area contributed by atoms with Gasteiger partial charge in [-0.15, -0.1) is 0 Å². The minimum absolute atomic E-state index is 0.240. The third-order valence-corrected chi connectivity index (χ3v) is 3.25. The van der Waals surface area contributed by atoms with Crippen molar-refractivity contribution in [1.82, 2.24) is 10.4 Å². The summed E-state index contributed by atoms with van der Waals surface area (Å²) in [6.07, 6.45) is 2.82. The molecule has 1 atom stereocenters. The van der Waals surface area contributed by atoms with Gasteiger partial charge in [-0.3, -0.25) is 16.3 Å². The van der Waals surface area contributed by atoms with E-state index in [2.05, 4.69) is 28.6 Å². The van der Waals surface area contributed by atoms with Crippen LogP contribution in [-0.4, -0.2) is 24.7 Å². The lowest BCUT2D eigenvalue weighted by Gasteiger charge is -2.15. The van der Waals surface area contributed by atoms with Gasteiger partial charge in [0.15, 0.2) is 0 Å². The van der Waals surface area contributed by atoms with Crippen molar-refractivity contribution in [2.45, 2.75) is 25.3 Å². The van der Waals surface area contributed by atoms with Gasteiger partial charge in [0, 0.05) is 37.3 Å². The lowest BCUT2D eigenvalue weighted by atomic mass is 10.1. The van der Waals surface area contributed by atoms with Crippen molar-refractivity contribution in [3.05, 3.63) is 42.1 Å². The molecular formula is C15H21N3O. The summed E-state index contributed by atoms with van der Waals surface area (Å²) in [7, 11) is 1.72. The van der Waals surface area contributed by atoms with Crippen LogP contribution in [0.1, 0.15) is 18.5 Å². The summed E-state index contributed by atoms with van der Waals surface area (Å²) in [5.74, 6) is 5.60. The van der Waals surface area contributed by atoms with E-state index in [0.717, 1.165) is 37.1 Å². The lowest BCUT2D eigenvalue weighted by Crippen LogP contribution is -2.37. The molecule has 0 fully saturated rings. The second-order valence-electron chi connectivity index (χ2n) is 4.70. The summed E-state index contributed by atoms with van der Waals surface area (Å²) in [4.78, 5) is 4.66. The van der Waals surface area contributed by atoms with Gasteiger partial charge < -0.3 is 4.74 Å². The molecule has 0 aliphatic carbocycles. The highest BCUT2D eigenvalue weighted by Gasteiger charge is 2.08. The topological polar surface area (TPSA) is 60.2 Å². The normalized spacial score (nSPS) is 12.7. The third kappa shape index (κ3) is 3.99. The number of methoxy groups -OCH3 is 1. The molecule has 1 aromatic carbocycles. The van der Waals surface area contributed by atoms with E-state index in [4.69, 9.17) is 10.6 Å². The molecule has 0 spiro atoms. The Kier molecular flexibility index (Phi) is 5.27. The van der Waals surface area contributed by atoms with Crippen LogP contribution in [0.5, 0.6) is 0 Å². The van der Waals surface area contributed by atoms with E-state index in [1.807, 2.05) is 18.2 Å². The fourth-order valence-corrected chi connectivity index (χ4v) is 2.19. The molecule has 1 aromatic heterocycles. The summed E-state index contributed by atoms with van der Waals surface area (Å²) < 4.78 is 5.06. The van der Waals surface area contributed by atoms with Crippen LogP contribution in [0.4, 0.5) is 0 Å². The number of nitrogens with one attached hydrogen (secondary N) is 1. The van der Waals surface area contributed by atoms with Crippen molar-refractivity contribution < 1.29 is 4.74 Å². The van der Waals surface area contributed by atoms with Crippen molar-refractivity contribution in [2.24, 2.45) is 5.84 Å². The Morgan fingerprint density at radius 1 is 1.26 bits per heavy atom. The maximum Gasteiger partial charge on any atom is 0.0705 e. The average Bonchev–Trinajstić information content (AvgIpc) is 2.46. The number of nitrogens with zero attached hydrogens (tertiary/aromatic N) is 1. The van der Waals surface area contributed by atoms with E-state index >= 15 is 0 Å². The largest absolute Gasteiger partial charge is 0.385 e. The molecule has 2 rings (SSSR count). The number of rotatable bonds is 7. The smallest absolute Gasteiger partial charge is 0.0705 e. The Morgan fingerprint density at radius 3 is 2.89 bits per heavy atom. The second kappa shape index (κ2) is 7.19. The predicted molar refractivity (Wildman–Crippen MR) is 77.7 cm³/mol. The highest BCUT2D eigenvalue weighted by atomic mass is 16.5. The molecule has 4 nitrogen and oxygen atoms in total. The molecule has 0 bridgehead atoms. The predicted octanol–water partition coefficient (Wildman–Crippen LogP) is 2.04. The minimum Gasteiger partial charge on any atom is -0.385 e. The molecule has 19 heavy (non-hydrogen) atoms. The number of hydrazine groups is 1. The first-order valence-corrected chi connectivity index (χ1v) is 6.63. The van der Waals surface area contributed by atoms with Gasteiger partial charge in [-0.25, -0.2) is 0 Å². The number of benzene rings is 1. The quantitative estimate of drug-likeness (QED) is 0.454. The Labute approximate surface area is 113 Å². The molecule has 0 saturated carbocycles. The summed E-state index contributed by atoms with van der Waals surface area (Å²) in [5.41, 5.74) is 4.97. The molecular weight excluding hydrogens is 238 g/mol. The molecule has 1 heterocycles. The molecule has 0 radical (unpaired) electrons. The van der Waals surface area contributed by atoms with Crippen molar-refractivity contribution in [2.75, 3.05) is 13.7 Å². The van der Waals surface area contributed by atoms with E-state index in [-0.39, 0.29) is 6.04 Å². The van der Waals surface area contributed by atoms with Gasteiger partial charge in [-0.2, -0.15) is 0 Å². The zero-order valence-electron chi connectivity index (χ0n) is 11.3. The highest BCUT2D eigenvalue weighted by molar-refractivity contribution is 5.78. The van der Waals surface area contributed by atoms with Gasteiger partial charge in [-0.1, -0.05) is 24.3 Å². The molecule has 0 aliphatic rings. The molecule has 0 amide bonds. The van der Waals surface area contributed by atoms with E-state index in [0.29, 0.717) is 0 Å². The summed E-state index contributed by atoms with van der Waals surface area (Å²) in [6.45, 7) is 0.767. The first-order valence-electron chi connectivity index (χ1n) is 6.63. The van der Waals surface area contributed by atoms with E-state index < -0.39 is 0 Å². The van der Waals surface area contributed by atoms with Crippen molar-refractivity contribution >= 4 is 10.9 Å². The second-order valence-corrected chi connectivity index (χ2v) is 4.70. The van der Waals surface area contributed by atoms with Crippen LogP contribution in [0, 0.1) is 0 Å². The monoisotopic (exact) mass is 259 g/mol. The number of fused-ring (bicyclic) bond motifs is 1. The molecule has 2 aromatic rings. The van der Waals surface area contributed by atoms with Crippen molar-refractivity contribution in [1.29, 1.82) is 0 Å². The SMILES string of the molecule is COCCCC(Cc1ccc2ccccc2n1)NN. The zero-order chi connectivity index (χ0) is 13.5. The van der Waals surface area contributed by atoms with Gasteiger partial charge >= 0.3 is 0 Å². The fourth-order valence-electron chi connectivity index (χ4n) is 2.19. The Balaban J connectivity index is 2.02. The standard InChI is InChI=1S/C15H21N3O/c1-19-10-4-6-14(18-16)11-13-9-8-12-5-2-3-7-15(12)17-13/h2-3,5,7-9,14,18H,4,6,10-11,16H2,1H3. The van der Waals surface area contributed by atoms with Crippen LogP contribution in [0.3, 0.4) is 0 Å². The number of hydrogen-bond donors (Lipinski definition) is 2. The Hall–Kier alpha value is -1.49. The Morgan fingerprint density at radius 2 is 2.11 bits per heavy atom. The number of ether oxygens (including phenoxy) is 1. The third-order valence-electron chi connectivity index (χ3n) is 3.25. The van der Waals surface area contributed by atoms with Crippen molar-refractivity contribution in [3.8, 4) is 0 Å². The van der Waals surface area contributed by atoms with Crippen molar-refractivity contribution in [3.63, 3.8) is 0 Å². The van der Waals surface area contributed by atoms with Gasteiger partial charge in [0.1, 0.15) is 0 Å². The van der Waals surface area contributed by atoms with E-state index in [9.17, 15) is 0 Å². The highest BCUT2D eigenvalue weighted by Crippen LogP contribution is 2.13. The van der Waals surface area contributed by atoms with Gasteiger partial charge in [0.05, 0.1) is 5.52 Å². The van der Waals surface area contributed by atoms with Crippen LogP contribution in [0.2, 0.25) is 0 Å². The molecule has 0 aliphatic heterocycles. The van der Waals surface area contributed by atoms with Gasteiger partial charge in [0.25, 0.3) is 0 Å². The number of aromatic nitrogens is 1. The zero-order valence-corrected chi connectivity index (χ0v) is 11.3. The molecule has 3 N–H and O–H groups in total.